The van der Waals surface area contributed by atoms with Crippen LogP contribution in [0.15, 0.2) is 36.4 Å². The van der Waals surface area contributed by atoms with Crippen LogP contribution in [0.5, 0.6) is 0 Å². The van der Waals surface area contributed by atoms with Gasteiger partial charge in [0.25, 0.3) is 5.91 Å². The first-order valence-corrected chi connectivity index (χ1v) is 7.90. The molecular weight excluding hydrogens is 324 g/mol. The van der Waals surface area contributed by atoms with E-state index < -0.39 is 0 Å². The van der Waals surface area contributed by atoms with Crippen LogP contribution in [0.25, 0.3) is 0 Å². The summed E-state index contributed by atoms with van der Waals surface area (Å²) in [6.45, 7) is 1.37. The number of thiophene rings is 1. The van der Waals surface area contributed by atoms with Gasteiger partial charge in [0.05, 0.1) is 17.4 Å². The maximum Gasteiger partial charge on any atom is 0.414 e. The molecule has 114 valence electrons. The minimum Gasteiger partial charge on any atom is -0.447 e. The molecule has 7 heteroatoms. The molecule has 0 spiro atoms. The number of hydrogen-bond donors (Lipinski definition) is 1. The van der Waals surface area contributed by atoms with Gasteiger partial charge in [-0.2, -0.15) is 0 Å². The van der Waals surface area contributed by atoms with Crippen molar-refractivity contribution in [1.82, 2.24) is 5.32 Å². The second kappa shape index (κ2) is 6.37. The zero-order valence-corrected chi connectivity index (χ0v) is 13.1. The van der Waals surface area contributed by atoms with E-state index in [-0.39, 0.29) is 12.0 Å². The second-order valence-corrected chi connectivity index (χ2v) is 6.50. The Kier molecular flexibility index (Phi) is 4.31. The standard InChI is InChI=1S/C15H13ClN2O3S/c16-13-6-5-12(22-13)9-17-14(19)10-1-3-11(4-2-10)18-7-8-21-15(18)20/h1-6H,7-9H2,(H,17,19). The molecule has 2 heterocycles. The Morgan fingerprint density at radius 1 is 1.27 bits per heavy atom. The number of carbonyl (C=O) groups is 2. The van der Waals surface area contributed by atoms with Gasteiger partial charge < -0.3 is 10.1 Å². The summed E-state index contributed by atoms with van der Waals surface area (Å²) in [5, 5.41) is 2.83. The minimum atomic E-state index is -0.355. The summed E-state index contributed by atoms with van der Waals surface area (Å²) >= 11 is 7.28. The first kappa shape index (κ1) is 14.9. The third-order valence-corrected chi connectivity index (χ3v) is 4.49. The van der Waals surface area contributed by atoms with E-state index >= 15 is 0 Å². The number of halogens is 1. The molecule has 1 aliphatic heterocycles. The lowest BCUT2D eigenvalue weighted by Gasteiger charge is -2.12. The molecule has 2 aromatic rings. The fourth-order valence-electron chi connectivity index (χ4n) is 2.14. The summed E-state index contributed by atoms with van der Waals surface area (Å²) in [5.41, 5.74) is 1.27. The van der Waals surface area contributed by atoms with Gasteiger partial charge in [-0.05, 0) is 36.4 Å². The third-order valence-electron chi connectivity index (χ3n) is 3.25. The second-order valence-electron chi connectivity index (χ2n) is 4.70. The van der Waals surface area contributed by atoms with Crippen molar-refractivity contribution in [2.75, 3.05) is 18.1 Å². The predicted molar refractivity (Wildman–Crippen MR) is 85.6 cm³/mol. The average molecular weight is 337 g/mol. The zero-order chi connectivity index (χ0) is 15.5. The number of anilines is 1. The van der Waals surface area contributed by atoms with Crippen LogP contribution in [0.4, 0.5) is 10.5 Å². The van der Waals surface area contributed by atoms with Gasteiger partial charge in [-0.1, -0.05) is 11.6 Å². The van der Waals surface area contributed by atoms with Crippen molar-refractivity contribution in [2.45, 2.75) is 6.54 Å². The lowest BCUT2D eigenvalue weighted by molar-refractivity contribution is 0.0951. The fraction of sp³-hybridized carbons (Fsp3) is 0.200. The Hall–Kier alpha value is -2.05. The number of ether oxygens (including phenoxy) is 1. The number of hydrogen-bond acceptors (Lipinski definition) is 4. The first-order valence-electron chi connectivity index (χ1n) is 6.70. The molecule has 1 aromatic heterocycles. The summed E-state index contributed by atoms with van der Waals surface area (Å²) in [6, 6.07) is 10.6. The van der Waals surface area contributed by atoms with Crippen molar-refractivity contribution in [3.63, 3.8) is 0 Å². The Morgan fingerprint density at radius 3 is 2.64 bits per heavy atom. The van der Waals surface area contributed by atoms with Crippen molar-refractivity contribution in [1.29, 1.82) is 0 Å². The molecule has 1 N–H and O–H groups in total. The van der Waals surface area contributed by atoms with Crippen LogP contribution in [-0.2, 0) is 11.3 Å². The van der Waals surface area contributed by atoms with E-state index in [4.69, 9.17) is 16.3 Å². The summed E-state index contributed by atoms with van der Waals surface area (Å²) in [6.07, 6.45) is -0.355. The molecule has 0 aliphatic carbocycles. The van der Waals surface area contributed by atoms with E-state index in [2.05, 4.69) is 5.32 Å². The quantitative estimate of drug-likeness (QED) is 0.932. The highest BCUT2D eigenvalue weighted by atomic mass is 35.5. The van der Waals surface area contributed by atoms with Gasteiger partial charge in [0.2, 0.25) is 0 Å². The fourth-order valence-corrected chi connectivity index (χ4v) is 3.16. The van der Waals surface area contributed by atoms with Gasteiger partial charge in [-0.15, -0.1) is 11.3 Å². The molecule has 3 rings (SSSR count). The molecule has 0 radical (unpaired) electrons. The van der Waals surface area contributed by atoms with E-state index in [1.165, 1.54) is 16.2 Å². The van der Waals surface area contributed by atoms with Crippen LogP contribution in [-0.4, -0.2) is 25.2 Å². The first-order chi connectivity index (χ1) is 10.6. The summed E-state index contributed by atoms with van der Waals surface area (Å²) < 4.78 is 5.59. The molecule has 2 amide bonds. The zero-order valence-electron chi connectivity index (χ0n) is 11.5. The molecule has 1 saturated heterocycles. The molecule has 22 heavy (non-hydrogen) atoms. The highest BCUT2D eigenvalue weighted by Gasteiger charge is 2.23. The van der Waals surface area contributed by atoms with Gasteiger partial charge in [-0.25, -0.2) is 4.79 Å². The Bertz CT molecular complexity index is 699. The highest BCUT2D eigenvalue weighted by Crippen LogP contribution is 2.22. The molecule has 0 bridgehead atoms. The van der Waals surface area contributed by atoms with Gasteiger partial charge in [0.1, 0.15) is 6.61 Å². The van der Waals surface area contributed by atoms with Crippen LogP contribution < -0.4 is 10.2 Å². The van der Waals surface area contributed by atoms with E-state index in [0.717, 1.165) is 10.6 Å². The smallest absolute Gasteiger partial charge is 0.414 e. The van der Waals surface area contributed by atoms with E-state index in [0.29, 0.717) is 29.6 Å². The van der Waals surface area contributed by atoms with Crippen molar-refractivity contribution in [3.8, 4) is 0 Å². The molecular formula is C15H13ClN2O3S. The number of carbonyl (C=O) groups excluding carboxylic acids is 2. The SMILES string of the molecule is O=C(NCc1ccc(Cl)s1)c1ccc(N2CCOC2=O)cc1. The van der Waals surface area contributed by atoms with Crippen LogP contribution in [0.2, 0.25) is 4.34 Å². The molecule has 0 unspecified atom stereocenters. The Balaban J connectivity index is 1.62. The molecule has 0 atom stereocenters. The lowest BCUT2D eigenvalue weighted by atomic mass is 10.2. The normalized spacial score (nSPS) is 14.0. The van der Waals surface area contributed by atoms with Gasteiger partial charge in [0, 0.05) is 16.1 Å². The van der Waals surface area contributed by atoms with Crippen LogP contribution >= 0.6 is 22.9 Å². The predicted octanol–water partition coefficient (Wildman–Crippen LogP) is 3.29. The van der Waals surface area contributed by atoms with Crippen LogP contribution in [0, 0.1) is 0 Å². The maximum absolute atomic E-state index is 12.1. The lowest BCUT2D eigenvalue weighted by Crippen LogP contribution is -2.24. The number of rotatable bonds is 4. The summed E-state index contributed by atoms with van der Waals surface area (Å²) in [4.78, 5) is 26.1. The minimum absolute atomic E-state index is 0.167. The largest absolute Gasteiger partial charge is 0.447 e. The third kappa shape index (κ3) is 3.23. The summed E-state index contributed by atoms with van der Waals surface area (Å²) in [5.74, 6) is -0.167. The molecule has 0 saturated carbocycles. The number of benzene rings is 1. The van der Waals surface area contributed by atoms with Crippen molar-refractivity contribution < 1.29 is 14.3 Å². The number of cyclic esters (lactones) is 1. The van der Waals surface area contributed by atoms with Crippen molar-refractivity contribution in [3.05, 3.63) is 51.2 Å². The van der Waals surface area contributed by atoms with Crippen molar-refractivity contribution in [2.24, 2.45) is 0 Å². The van der Waals surface area contributed by atoms with Crippen LogP contribution in [0.3, 0.4) is 0 Å². The highest BCUT2D eigenvalue weighted by molar-refractivity contribution is 7.16. The van der Waals surface area contributed by atoms with E-state index in [1.807, 2.05) is 6.07 Å². The van der Waals surface area contributed by atoms with Crippen LogP contribution in [0.1, 0.15) is 15.2 Å². The molecule has 1 aromatic carbocycles. The molecule has 1 fully saturated rings. The number of nitrogens with zero attached hydrogens (tertiary/aromatic N) is 1. The maximum atomic E-state index is 12.1. The summed E-state index contributed by atoms with van der Waals surface area (Å²) in [7, 11) is 0. The number of amides is 2. The average Bonchev–Trinajstić information content (AvgIpc) is 3.13. The van der Waals surface area contributed by atoms with Gasteiger partial charge in [0.15, 0.2) is 0 Å². The molecule has 5 nitrogen and oxygen atoms in total. The van der Waals surface area contributed by atoms with E-state index in [9.17, 15) is 9.59 Å². The number of nitrogens with one attached hydrogen (secondary N) is 1. The topological polar surface area (TPSA) is 58.6 Å². The molecule has 1 aliphatic rings. The van der Waals surface area contributed by atoms with Gasteiger partial charge >= 0.3 is 6.09 Å². The van der Waals surface area contributed by atoms with Gasteiger partial charge in [-0.3, -0.25) is 9.69 Å². The Labute approximate surface area is 136 Å². The van der Waals surface area contributed by atoms with Crippen molar-refractivity contribution >= 4 is 40.6 Å². The monoisotopic (exact) mass is 336 g/mol. The van der Waals surface area contributed by atoms with E-state index in [1.54, 1.807) is 30.3 Å². The Morgan fingerprint density at radius 2 is 2.05 bits per heavy atom.